The molecule has 2 heterocycles. The van der Waals surface area contributed by atoms with Gasteiger partial charge >= 0.3 is 5.97 Å². The lowest BCUT2D eigenvalue weighted by Crippen LogP contribution is -2.45. The van der Waals surface area contributed by atoms with Gasteiger partial charge in [-0.1, -0.05) is 30.3 Å². The minimum Gasteiger partial charge on any atom is -0.481 e. The SMILES string of the molecule is Cc1nscc1C(=O)N1C[C@H](C(=O)O)C[C@@H](c2ccccc2)C1. The molecule has 5 nitrogen and oxygen atoms in total. The molecule has 0 radical (unpaired) electrons. The first-order valence-electron chi connectivity index (χ1n) is 7.54. The van der Waals surface area contributed by atoms with E-state index >= 15 is 0 Å². The normalized spacial score (nSPS) is 21.2. The van der Waals surface area contributed by atoms with Gasteiger partial charge in [-0.15, -0.1) is 0 Å². The fourth-order valence-corrected chi connectivity index (χ4v) is 3.76. The van der Waals surface area contributed by atoms with Crippen LogP contribution in [0.3, 0.4) is 0 Å². The average molecular weight is 330 g/mol. The molecule has 0 bridgehead atoms. The molecule has 1 fully saturated rings. The van der Waals surface area contributed by atoms with Crippen molar-refractivity contribution in [1.29, 1.82) is 0 Å². The first kappa shape index (κ1) is 15.7. The minimum absolute atomic E-state index is 0.0434. The molecule has 1 aliphatic heterocycles. The zero-order valence-electron chi connectivity index (χ0n) is 12.8. The number of aromatic nitrogens is 1. The third-order valence-corrected chi connectivity index (χ3v) is 5.06. The molecule has 1 aromatic heterocycles. The van der Waals surface area contributed by atoms with Crippen LogP contribution in [0.2, 0.25) is 0 Å². The maximum Gasteiger partial charge on any atom is 0.308 e. The van der Waals surface area contributed by atoms with Gasteiger partial charge in [0.15, 0.2) is 0 Å². The van der Waals surface area contributed by atoms with Crippen molar-refractivity contribution < 1.29 is 14.7 Å². The van der Waals surface area contributed by atoms with E-state index in [0.29, 0.717) is 24.2 Å². The number of carboxylic acids is 1. The fourth-order valence-electron chi connectivity index (χ4n) is 3.08. The van der Waals surface area contributed by atoms with Crippen LogP contribution in [-0.4, -0.2) is 39.3 Å². The minimum atomic E-state index is -0.844. The molecule has 1 N–H and O–H groups in total. The number of benzene rings is 1. The lowest BCUT2D eigenvalue weighted by Gasteiger charge is -2.36. The number of piperidine rings is 1. The second kappa shape index (κ2) is 6.50. The summed E-state index contributed by atoms with van der Waals surface area (Å²) in [6, 6.07) is 9.81. The van der Waals surface area contributed by atoms with Crippen LogP contribution in [0, 0.1) is 12.8 Å². The van der Waals surface area contributed by atoms with E-state index in [2.05, 4.69) is 4.37 Å². The van der Waals surface area contributed by atoms with Crippen LogP contribution in [0.15, 0.2) is 35.7 Å². The highest BCUT2D eigenvalue weighted by Gasteiger charge is 2.35. The Kier molecular flexibility index (Phi) is 4.43. The molecule has 6 heteroatoms. The summed E-state index contributed by atoms with van der Waals surface area (Å²) in [6.07, 6.45) is 0.560. The highest BCUT2D eigenvalue weighted by molar-refractivity contribution is 7.03. The maximum absolute atomic E-state index is 12.7. The van der Waals surface area contributed by atoms with Crippen molar-refractivity contribution in [2.24, 2.45) is 5.92 Å². The van der Waals surface area contributed by atoms with Crippen molar-refractivity contribution in [2.75, 3.05) is 13.1 Å². The predicted octanol–water partition coefficient (Wildman–Crippen LogP) is 2.78. The van der Waals surface area contributed by atoms with Gasteiger partial charge in [0.1, 0.15) is 0 Å². The maximum atomic E-state index is 12.7. The smallest absolute Gasteiger partial charge is 0.308 e. The number of hydrogen-bond donors (Lipinski definition) is 1. The number of hydrogen-bond acceptors (Lipinski definition) is 4. The molecule has 0 saturated carbocycles. The van der Waals surface area contributed by atoms with Gasteiger partial charge in [-0.25, -0.2) is 0 Å². The monoisotopic (exact) mass is 330 g/mol. The lowest BCUT2D eigenvalue weighted by molar-refractivity contribution is -0.143. The number of carboxylic acid groups (broad SMARTS) is 1. The third-order valence-electron chi connectivity index (χ3n) is 4.34. The van der Waals surface area contributed by atoms with Crippen molar-refractivity contribution in [3.63, 3.8) is 0 Å². The molecule has 1 aromatic carbocycles. The van der Waals surface area contributed by atoms with E-state index in [1.54, 1.807) is 17.2 Å². The predicted molar refractivity (Wildman–Crippen MR) is 87.7 cm³/mol. The Balaban J connectivity index is 1.86. The highest BCUT2D eigenvalue weighted by Crippen LogP contribution is 2.31. The summed E-state index contributed by atoms with van der Waals surface area (Å²) in [4.78, 5) is 25.9. The van der Waals surface area contributed by atoms with Gasteiger partial charge in [0.25, 0.3) is 5.91 Å². The van der Waals surface area contributed by atoms with Gasteiger partial charge in [0.05, 0.1) is 17.2 Å². The zero-order valence-corrected chi connectivity index (χ0v) is 13.6. The van der Waals surface area contributed by atoms with Gasteiger partial charge in [-0.2, -0.15) is 4.37 Å². The first-order chi connectivity index (χ1) is 11.1. The molecule has 120 valence electrons. The van der Waals surface area contributed by atoms with E-state index in [1.165, 1.54) is 11.5 Å². The van der Waals surface area contributed by atoms with Crippen molar-refractivity contribution >= 4 is 23.4 Å². The molecule has 2 aromatic rings. The largest absolute Gasteiger partial charge is 0.481 e. The molecule has 3 rings (SSSR count). The number of aryl methyl sites for hydroxylation is 1. The average Bonchev–Trinajstić information content (AvgIpc) is 3.00. The zero-order chi connectivity index (χ0) is 16.4. The summed E-state index contributed by atoms with van der Waals surface area (Å²) in [5, 5.41) is 11.2. The van der Waals surface area contributed by atoms with Crippen LogP contribution < -0.4 is 0 Å². The molecule has 0 aliphatic carbocycles. The standard InChI is InChI=1S/C17H18N2O3S/c1-11-15(10-23-18-11)16(20)19-8-13(7-14(9-19)17(21)22)12-5-3-2-4-6-12/h2-6,10,13-14H,7-9H2,1H3,(H,21,22)/t13-,14-/m1/s1. The topological polar surface area (TPSA) is 70.5 Å². The molecule has 0 spiro atoms. The third kappa shape index (κ3) is 3.27. The number of rotatable bonds is 3. The molecule has 2 atom stereocenters. The lowest BCUT2D eigenvalue weighted by atomic mass is 9.84. The molecular formula is C17H18N2O3S. The van der Waals surface area contributed by atoms with Gasteiger partial charge < -0.3 is 10.0 Å². The van der Waals surface area contributed by atoms with Crippen LogP contribution in [-0.2, 0) is 4.79 Å². The van der Waals surface area contributed by atoms with Crippen molar-refractivity contribution in [3.8, 4) is 0 Å². The second-order valence-electron chi connectivity index (χ2n) is 5.90. The molecular weight excluding hydrogens is 312 g/mol. The summed E-state index contributed by atoms with van der Waals surface area (Å²) >= 11 is 1.25. The number of likely N-dealkylation sites (tertiary alicyclic amines) is 1. The summed E-state index contributed by atoms with van der Waals surface area (Å²) in [6.45, 7) is 2.60. The Labute approximate surface area is 138 Å². The van der Waals surface area contributed by atoms with Crippen molar-refractivity contribution in [1.82, 2.24) is 9.27 Å². The van der Waals surface area contributed by atoms with E-state index in [0.717, 1.165) is 5.56 Å². The van der Waals surface area contributed by atoms with Crippen LogP contribution in [0.4, 0.5) is 0 Å². The number of carbonyl (C=O) groups is 2. The Morgan fingerprint density at radius 1 is 1.26 bits per heavy atom. The van der Waals surface area contributed by atoms with E-state index in [1.807, 2.05) is 30.3 Å². The molecule has 0 unspecified atom stereocenters. The summed E-state index contributed by atoms with van der Waals surface area (Å²) in [5.74, 6) is -1.46. The van der Waals surface area contributed by atoms with E-state index in [9.17, 15) is 14.7 Å². The quantitative estimate of drug-likeness (QED) is 0.939. The van der Waals surface area contributed by atoms with E-state index in [4.69, 9.17) is 0 Å². The van der Waals surface area contributed by atoms with Gasteiger partial charge in [-0.3, -0.25) is 9.59 Å². The first-order valence-corrected chi connectivity index (χ1v) is 8.38. The Hall–Kier alpha value is -2.21. The van der Waals surface area contributed by atoms with Crippen LogP contribution >= 0.6 is 11.5 Å². The number of aliphatic carboxylic acids is 1. The fraction of sp³-hybridized carbons (Fsp3) is 0.353. The van der Waals surface area contributed by atoms with Crippen LogP contribution in [0.5, 0.6) is 0 Å². The van der Waals surface area contributed by atoms with Gasteiger partial charge in [0.2, 0.25) is 0 Å². The molecule has 23 heavy (non-hydrogen) atoms. The van der Waals surface area contributed by atoms with Crippen molar-refractivity contribution in [3.05, 3.63) is 52.5 Å². The summed E-state index contributed by atoms with van der Waals surface area (Å²) in [7, 11) is 0. The van der Waals surface area contributed by atoms with Crippen LogP contribution in [0.1, 0.15) is 34.0 Å². The second-order valence-corrected chi connectivity index (χ2v) is 6.53. The molecule has 1 saturated heterocycles. The van der Waals surface area contributed by atoms with E-state index in [-0.39, 0.29) is 18.4 Å². The van der Waals surface area contributed by atoms with Crippen molar-refractivity contribution in [2.45, 2.75) is 19.3 Å². The van der Waals surface area contributed by atoms with Gasteiger partial charge in [0, 0.05) is 24.4 Å². The van der Waals surface area contributed by atoms with Crippen LogP contribution in [0.25, 0.3) is 0 Å². The Morgan fingerprint density at radius 3 is 2.61 bits per heavy atom. The number of amides is 1. The van der Waals surface area contributed by atoms with E-state index < -0.39 is 11.9 Å². The highest BCUT2D eigenvalue weighted by atomic mass is 32.1. The number of nitrogens with zero attached hydrogens (tertiary/aromatic N) is 2. The summed E-state index contributed by atoms with van der Waals surface area (Å²) < 4.78 is 4.14. The summed E-state index contributed by atoms with van der Waals surface area (Å²) in [5.41, 5.74) is 2.36. The Morgan fingerprint density at radius 2 is 2.00 bits per heavy atom. The molecule has 1 aliphatic rings. The number of carbonyl (C=O) groups excluding carboxylic acids is 1. The Bertz CT molecular complexity index is 714. The van der Waals surface area contributed by atoms with Gasteiger partial charge in [-0.05, 0) is 30.4 Å². The molecule has 1 amide bonds.